The van der Waals surface area contributed by atoms with Gasteiger partial charge in [0.15, 0.2) is 0 Å². The Labute approximate surface area is 123 Å². The summed E-state index contributed by atoms with van der Waals surface area (Å²) in [6, 6.07) is 5.59. The van der Waals surface area contributed by atoms with Crippen LogP contribution in [0.25, 0.3) is 0 Å². The number of hydrogen-bond donors (Lipinski definition) is 1. The van der Waals surface area contributed by atoms with E-state index in [0.717, 1.165) is 29.8 Å². The molecular weight excluding hydrogens is 276 g/mol. The number of aromatic nitrogens is 3. The van der Waals surface area contributed by atoms with Gasteiger partial charge in [-0.15, -0.1) is 5.10 Å². The molecular formula is C14H17ClN4O. The Bertz CT molecular complexity index is 604. The van der Waals surface area contributed by atoms with E-state index in [-0.39, 0.29) is 6.01 Å². The van der Waals surface area contributed by atoms with Crippen molar-refractivity contribution in [2.75, 3.05) is 0 Å². The lowest BCUT2D eigenvalue weighted by Crippen LogP contribution is -2.04. The summed E-state index contributed by atoms with van der Waals surface area (Å²) < 4.78 is 5.59. The van der Waals surface area contributed by atoms with Gasteiger partial charge < -0.3 is 10.5 Å². The van der Waals surface area contributed by atoms with Crippen LogP contribution in [0.5, 0.6) is 11.8 Å². The van der Waals surface area contributed by atoms with E-state index in [1.165, 1.54) is 0 Å². The highest BCUT2D eigenvalue weighted by Crippen LogP contribution is 2.28. The summed E-state index contributed by atoms with van der Waals surface area (Å²) in [5.41, 5.74) is 8.29. The van der Waals surface area contributed by atoms with Gasteiger partial charge in [-0.3, -0.25) is 0 Å². The zero-order chi connectivity index (χ0) is 14.5. The summed E-state index contributed by atoms with van der Waals surface area (Å²) in [5.74, 6) is 0.497. The molecule has 0 aliphatic carbocycles. The number of rotatable bonds is 5. The van der Waals surface area contributed by atoms with Gasteiger partial charge in [-0.05, 0) is 30.5 Å². The van der Waals surface area contributed by atoms with Gasteiger partial charge in [0.2, 0.25) is 0 Å². The average Bonchev–Trinajstić information content (AvgIpc) is 2.49. The van der Waals surface area contributed by atoms with Crippen LogP contribution in [-0.4, -0.2) is 15.2 Å². The van der Waals surface area contributed by atoms with Crippen LogP contribution in [-0.2, 0) is 19.4 Å². The van der Waals surface area contributed by atoms with Crippen LogP contribution >= 0.6 is 11.6 Å². The number of aryl methyl sites for hydroxylation is 2. The van der Waals surface area contributed by atoms with E-state index in [2.05, 4.69) is 15.2 Å². The first kappa shape index (κ1) is 14.7. The average molecular weight is 293 g/mol. The van der Waals surface area contributed by atoms with Crippen molar-refractivity contribution in [1.82, 2.24) is 15.2 Å². The van der Waals surface area contributed by atoms with E-state index in [0.29, 0.717) is 17.3 Å². The highest BCUT2D eigenvalue weighted by molar-refractivity contribution is 6.32. The molecule has 1 aromatic carbocycles. The molecule has 1 heterocycles. The predicted molar refractivity (Wildman–Crippen MR) is 78.0 cm³/mol. The molecule has 2 rings (SSSR count). The molecule has 6 heteroatoms. The molecule has 2 N–H and O–H groups in total. The number of nitrogens with zero attached hydrogens (tertiary/aromatic N) is 3. The molecule has 20 heavy (non-hydrogen) atoms. The standard InChI is InChI=1S/C14H17ClN4O/c1-3-11-12(4-2)18-19-14(17-11)20-13-6-5-9(8-16)7-10(13)15/h5-7H,3-4,8,16H2,1-2H3. The van der Waals surface area contributed by atoms with Crippen LogP contribution in [0.4, 0.5) is 0 Å². The van der Waals surface area contributed by atoms with Crippen LogP contribution in [0.2, 0.25) is 5.02 Å². The quantitative estimate of drug-likeness (QED) is 0.917. The molecule has 0 saturated heterocycles. The molecule has 0 radical (unpaired) electrons. The van der Waals surface area contributed by atoms with Crippen molar-refractivity contribution < 1.29 is 4.74 Å². The third-order valence-electron chi connectivity index (χ3n) is 2.92. The van der Waals surface area contributed by atoms with Gasteiger partial charge in [0.25, 0.3) is 0 Å². The molecule has 0 atom stereocenters. The van der Waals surface area contributed by atoms with Crippen molar-refractivity contribution in [1.29, 1.82) is 0 Å². The summed E-state index contributed by atoms with van der Waals surface area (Å²) in [4.78, 5) is 4.36. The number of ether oxygens (including phenoxy) is 1. The number of halogens is 1. The minimum Gasteiger partial charge on any atom is -0.422 e. The van der Waals surface area contributed by atoms with Crippen molar-refractivity contribution in [3.05, 3.63) is 40.2 Å². The normalized spacial score (nSPS) is 10.6. The van der Waals surface area contributed by atoms with Crippen molar-refractivity contribution in [3.8, 4) is 11.8 Å². The topological polar surface area (TPSA) is 73.9 Å². The maximum absolute atomic E-state index is 6.13. The van der Waals surface area contributed by atoms with Crippen molar-refractivity contribution in [2.24, 2.45) is 5.73 Å². The Kier molecular flexibility index (Phi) is 4.87. The van der Waals surface area contributed by atoms with E-state index in [4.69, 9.17) is 22.1 Å². The molecule has 0 aliphatic rings. The number of nitrogens with two attached hydrogens (primary N) is 1. The second-order valence-electron chi connectivity index (χ2n) is 4.27. The molecule has 0 amide bonds. The summed E-state index contributed by atoms with van der Waals surface area (Å²) in [7, 11) is 0. The Morgan fingerprint density at radius 1 is 1.15 bits per heavy atom. The fraction of sp³-hybridized carbons (Fsp3) is 0.357. The zero-order valence-corrected chi connectivity index (χ0v) is 12.3. The monoisotopic (exact) mass is 292 g/mol. The second kappa shape index (κ2) is 6.63. The van der Waals surface area contributed by atoms with Crippen molar-refractivity contribution in [3.63, 3.8) is 0 Å². The lowest BCUT2D eigenvalue weighted by Gasteiger charge is -2.08. The summed E-state index contributed by atoms with van der Waals surface area (Å²) >= 11 is 6.13. The summed E-state index contributed by atoms with van der Waals surface area (Å²) in [6.45, 7) is 4.48. The molecule has 106 valence electrons. The first-order chi connectivity index (χ1) is 9.67. The Morgan fingerprint density at radius 3 is 2.50 bits per heavy atom. The van der Waals surface area contributed by atoms with Gasteiger partial charge in [-0.1, -0.05) is 36.6 Å². The summed E-state index contributed by atoms with van der Waals surface area (Å²) in [6.07, 6.45) is 1.59. The maximum Gasteiger partial charge on any atom is 0.341 e. The van der Waals surface area contributed by atoms with E-state index >= 15 is 0 Å². The van der Waals surface area contributed by atoms with Crippen LogP contribution in [0, 0.1) is 0 Å². The van der Waals surface area contributed by atoms with Crippen LogP contribution in [0.1, 0.15) is 30.8 Å². The largest absolute Gasteiger partial charge is 0.422 e. The molecule has 0 unspecified atom stereocenters. The minimum absolute atomic E-state index is 0.210. The highest BCUT2D eigenvalue weighted by Gasteiger charge is 2.10. The Balaban J connectivity index is 2.25. The van der Waals surface area contributed by atoms with Crippen LogP contribution in [0.3, 0.4) is 0 Å². The van der Waals surface area contributed by atoms with Gasteiger partial charge in [0, 0.05) is 6.54 Å². The van der Waals surface area contributed by atoms with E-state index in [1.54, 1.807) is 12.1 Å². The minimum atomic E-state index is 0.210. The van der Waals surface area contributed by atoms with E-state index < -0.39 is 0 Å². The molecule has 0 bridgehead atoms. The number of hydrogen-bond acceptors (Lipinski definition) is 5. The zero-order valence-electron chi connectivity index (χ0n) is 11.6. The fourth-order valence-corrected chi connectivity index (χ4v) is 2.06. The van der Waals surface area contributed by atoms with Gasteiger partial charge in [0.05, 0.1) is 16.4 Å². The van der Waals surface area contributed by atoms with Gasteiger partial charge in [-0.2, -0.15) is 4.98 Å². The predicted octanol–water partition coefficient (Wildman–Crippen LogP) is 2.90. The summed E-state index contributed by atoms with van der Waals surface area (Å²) in [5, 5.41) is 8.58. The van der Waals surface area contributed by atoms with E-state index in [9.17, 15) is 0 Å². The maximum atomic E-state index is 6.13. The lowest BCUT2D eigenvalue weighted by molar-refractivity contribution is 0.428. The smallest absolute Gasteiger partial charge is 0.341 e. The molecule has 1 aromatic heterocycles. The van der Waals surface area contributed by atoms with Crippen molar-refractivity contribution >= 4 is 11.6 Å². The third kappa shape index (κ3) is 3.23. The fourth-order valence-electron chi connectivity index (χ4n) is 1.82. The molecule has 0 spiro atoms. The highest BCUT2D eigenvalue weighted by atomic mass is 35.5. The van der Waals surface area contributed by atoms with Crippen LogP contribution < -0.4 is 10.5 Å². The third-order valence-corrected chi connectivity index (χ3v) is 3.22. The molecule has 0 aliphatic heterocycles. The van der Waals surface area contributed by atoms with Crippen molar-refractivity contribution in [2.45, 2.75) is 33.2 Å². The van der Waals surface area contributed by atoms with E-state index in [1.807, 2.05) is 19.9 Å². The Morgan fingerprint density at radius 2 is 1.90 bits per heavy atom. The molecule has 0 fully saturated rings. The Hall–Kier alpha value is -1.72. The van der Waals surface area contributed by atoms with Gasteiger partial charge in [0.1, 0.15) is 5.75 Å². The second-order valence-corrected chi connectivity index (χ2v) is 4.67. The molecule has 2 aromatic rings. The first-order valence-electron chi connectivity index (χ1n) is 6.56. The molecule has 0 saturated carbocycles. The van der Waals surface area contributed by atoms with Gasteiger partial charge in [-0.25, -0.2) is 0 Å². The SMILES string of the molecule is CCc1nnc(Oc2ccc(CN)cc2Cl)nc1CC. The molecule has 5 nitrogen and oxygen atoms in total. The lowest BCUT2D eigenvalue weighted by atomic mass is 10.2. The van der Waals surface area contributed by atoms with Gasteiger partial charge >= 0.3 is 6.01 Å². The number of benzene rings is 1. The first-order valence-corrected chi connectivity index (χ1v) is 6.94. The van der Waals surface area contributed by atoms with Crippen LogP contribution in [0.15, 0.2) is 18.2 Å².